The van der Waals surface area contributed by atoms with Gasteiger partial charge in [-0.15, -0.1) is 0 Å². The summed E-state index contributed by atoms with van der Waals surface area (Å²) in [7, 11) is 0. The van der Waals surface area contributed by atoms with Crippen molar-refractivity contribution in [2.75, 3.05) is 32.8 Å². The van der Waals surface area contributed by atoms with Crippen LogP contribution in [0, 0.1) is 11.8 Å². The first kappa shape index (κ1) is 22.3. The number of piperazine rings is 1. The fraction of sp³-hybridized carbons (Fsp3) is 0.304. The molecule has 0 saturated carbocycles. The Kier molecular flexibility index (Phi) is 6.09. The molecule has 1 aromatic heterocycles. The first-order valence-electron chi connectivity index (χ1n) is 10.5. The number of amides is 1. The fourth-order valence-electron chi connectivity index (χ4n) is 4.42. The van der Waals surface area contributed by atoms with E-state index in [2.05, 4.69) is 15.1 Å². The highest BCUT2D eigenvalue weighted by molar-refractivity contribution is 6.36. The molecule has 172 valence electrons. The van der Waals surface area contributed by atoms with Gasteiger partial charge in [-0.05, 0) is 23.8 Å². The molecule has 2 saturated heterocycles. The van der Waals surface area contributed by atoms with Gasteiger partial charge in [0.05, 0.1) is 46.1 Å². The van der Waals surface area contributed by atoms with Gasteiger partial charge in [0.15, 0.2) is 0 Å². The summed E-state index contributed by atoms with van der Waals surface area (Å²) in [4.78, 5) is 17.3. The third-order valence-corrected chi connectivity index (χ3v) is 6.91. The van der Waals surface area contributed by atoms with Gasteiger partial charge in [0.1, 0.15) is 5.82 Å². The van der Waals surface area contributed by atoms with Crippen LogP contribution in [0.15, 0.2) is 42.6 Å². The maximum Gasteiger partial charge on any atom is 0.255 e. The summed E-state index contributed by atoms with van der Waals surface area (Å²) in [5.41, 5.74) is 1.77. The average Bonchev–Trinajstić information content (AvgIpc) is 3.25. The van der Waals surface area contributed by atoms with Crippen LogP contribution in [0.5, 0.6) is 0 Å². The minimum Gasteiger partial charge on any atom is -0.370 e. The highest BCUT2D eigenvalue weighted by Gasteiger charge is 2.36. The lowest BCUT2D eigenvalue weighted by molar-refractivity contribution is -0.0858. The quantitative estimate of drug-likeness (QED) is 0.582. The van der Waals surface area contributed by atoms with E-state index in [4.69, 9.17) is 27.9 Å². The lowest BCUT2D eigenvalue weighted by atomic mass is 10.0. The largest absolute Gasteiger partial charge is 0.370 e. The molecule has 0 aliphatic carbocycles. The van der Waals surface area contributed by atoms with Crippen LogP contribution in [0.25, 0.3) is 11.1 Å². The topological polar surface area (TPSA) is 61.5 Å². The summed E-state index contributed by atoms with van der Waals surface area (Å²) in [6.45, 7) is 2.73. The number of aromatic amines is 1. The second-order valence-corrected chi connectivity index (χ2v) is 8.95. The highest BCUT2D eigenvalue weighted by atomic mass is 35.5. The molecule has 3 aromatic rings. The molecule has 0 spiro atoms. The summed E-state index contributed by atoms with van der Waals surface area (Å²) in [6.07, 6.45) is 1.13. The van der Waals surface area contributed by atoms with E-state index in [0.29, 0.717) is 43.9 Å². The van der Waals surface area contributed by atoms with Crippen LogP contribution in [-0.2, 0) is 4.74 Å². The van der Waals surface area contributed by atoms with Gasteiger partial charge in [-0.1, -0.05) is 41.4 Å². The number of carbonyl (C=O) groups is 1. The van der Waals surface area contributed by atoms with Crippen LogP contribution in [0.2, 0.25) is 10.0 Å². The summed E-state index contributed by atoms with van der Waals surface area (Å²) in [5.74, 6) is -1.27. The number of nitrogens with one attached hydrogen (secondary N) is 1. The Bertz CT molecular complexity index is 1200. The van der Waals surface area contributed by atoms with Crippen molar-refractivity contribution in [2.45, 2.75) is 12.1 Å². The number of fused-ring (bicyclic) bond motifs is 1. The zero-order chi connectivity index (χ0) is 23.1. The predicted octanol–water partition coefficient (Wildman–Crippen LogP) is 4.56. The summed E-state index contributed by atoms with van der Waals surface area (Å²) >= 11 is 12.4. The number of morpholine rings is 1. The molecule has 10 heteroatoms. The number of hydrogen-bond donors (Lipinski definition) is 1. The van der Waals surface area contributed by atoms with Crippen LogP contribution in [0.4, 0.5) is 8.78 Å². The van der Waals surface area contributed by atoms with E-state index in [-0.39, 0.29) is 33.7 Å². The fourth-order valence-corrected chi connectivity index (χ4v) is 4.91. The van der Waals surface area contributed by atoms with E-state index >= 15 is 0 Å². The Balaban J connectivity index is 1.29. The lowest BCUT2D eigenvalue weighted by Crippen LogP contribution is -2.59. The average molecular weight is 493 g/mol. The molecule has 3 heterocycles. The third-order valence-electron chi connectivity index (χ3n) is 6.21. The summed E-state index contributed by atoms with van der Waals surface area (Å²) in [5, 5.41) is 6.19. The number of nitrogens with zero attached hydrogens (tertiary/aromatic N) is 3. The Labute approximate surface area is 199 Å². The van der Waals surface area contributed by atoms with Crippen LogP contribution in [0.3, 0.4) is 0 Å². The van der Waals surface area contributed by atoms with Gasteiger partial charge in [0.2, 0.25) is 5.95 Å². The van der Waals surface area contributed by atoms with Crippen molar-refractivity contribution in [2.24, 2.45) is 0 Å². The maximum atomic E-state index is 14.0. The van der Waals surface area contributed by atoms with Crippen molar-refractivity contribution in [3.63, 3.8) is 0 Å². The normalized spacial score (nSPS) is 21.2. The van der Waals surface area contributed by atoms with Crippen molar-refractivity contribution in [3.8, 4) is 11.1 Å². The summed E-state index contributed by atoms with van der Waals surface area (Å²) in [6, 6.07) is 9.63. The van der Waals surface area contributed by atoms with Gasteiger partial charge in [0.25, 0.3) is 5.91 Å². The van der Waals surface area contributed by atoms with Crippen molar-refractivity contribution >= 4 is 29.1 Å². The zero-order valence-corrected chi connectivity index (χ0v) is 18.9. The van der Waals surface area contributed by atoms with E-state index in [0.717, 1.165) is 5.56 Å². The molecule has 2 aliphatic rings. The van der Waals surface area contributed by atoms with E-state index in [1.54, 1.807) is 35.2 Å². The van der Waals surface area contributed by atoms with Gasteiger partial charge in [-0.25, -0.2) is 4.39 Å². The Morgan fingerprint density at radius 1 is 1.12 bits per heavy atom. The van der Waals surface area contributed by atoms with Crippen LogP contribution in [0.1, 0.15) is 22.0 Å². The molecule has 1 N–H and O–H groups in total. The molecule has 2 aliphatic heterocycles. The van der Waals surface area contributed by atoms with Crippen LogP contribution in [-0.4, -0.2) is 64.7 Å². The molecule has 2 atom stereocenters. The SMILES string of the molecule is O=C(c1cccc(-c2cn[nH]c2F)c1Cl)N1CCN2CC(c3ccc(F)c(Cl)c3)OCC2C1. The number of rotatable bonds is 3. The van der Waals surface area contributed by atoms with E-state index < -0.39 is 11.8 Å². The zero-order valence-electron chi connectivity index (χ0n) is 17.4. The van der Waals surface area contributed by atoms with Crippen molar-refractivity contribution in [1.82, 2.24) is 20.0 Å². The van der Waals surface area contributed by atoms with Crippen LogP contribution >= 0.6 is 23.2 Å². The Morgan fingerprint density at radius 2 is 1.97 bits per heavy atom. The number of H-pyrrole nitrogens is 1. The predicted molar refractivity (Wildman–Crippen MR) is 120 cm³/mol. The molecule has 0 bridgehead atoms. The highest BCUT2D eigenvalue weighted by Crippen LogP contribution is 2.33. The smallest absolute Gasteiger partial charge is 0.255 e. The number of benzene rings is 2. The molecular weight excluding hydrogens is 473 g/mol. The lowest BCUT2D eigenvalue weighted by Gasteiger charge is -2.46. The minimum atomic E-state index is -0.605. The number of hydrogen-bond acceptors (Lipinski definition) is 4. The molecule has 0 radical (unpaired) electrons. The molecular formula is C23H20Cl2F2N4O2. The van der Waals surface area contributed by atoms with Gasteiger partial charge in [0, 0.05) is 31.7 Å². The molecule has 2 aromatic carbocycles. The number of aromatic nitrogens is 2. The van der Waals surface area contributed by atoms with Gasteiger partial charge in [-0.3, -0.25) is 14.8 Å². The van der Waals surface area contributed by atoms with Crippen molar-refractivity contribution in [3.05, 3.63) is 75.5 Å². The Hall–Kier alpha value is -2.52. The second kappa shape index (κ2) is 9.02. The van der Waals surface area contributed by atoms with E-state index in [9.17, 15) is 13.6 Å². The summed E-state index contributed by atoms with van der Waals surface area (Å²) < 4.78 is 33.5. The number of ether oxygens (including phenoxy) is 1. The molecule has 33 heavy (non-hydrogen) atoms. The van der Waals surface area contributed by atoms with E-state index in [1.165, 1.54) is 12.3 Å². The van der Waals surface area contributed by atoms with Gasteiger partial charge >= 0.3 is 0 Å². The van der Waals surface area contributed by atoms with Gasteiger partial charge < -0.3 is 9.64 Å². The third kappa shape index (κ3) is 4.24. The minimum absolute atomic E-state index is 0.0307. The first-order valence-corrected chi connectivity index (χ1v) is 11.3. The van der Waals surface area contributed by atoms with Crippen molar-refractivity contribution in [1.29, 1.82) is 0 Å². The number of halogens is 4. The maximum absolute atomic E-state index is 14.0. The number of carbonyl (C=O) groups excluding carboxylic acids is 1. The van der Waals surface area contributed by atoms with Crippen molar-refractivity contribution < 1.29 is 18.3 Å². The molecule has 5 rings (SSSR count). The Morgan fingerprint density at radius 3 is 2.73 bits per heavy atom. The van der Waals surface area contributed by atoms with E-state index in [1.807, 2.05) is 0 Å². The molecule has 1 amide bonds. The second-order valence-electron chi connectivity index (χ2n) is 8.16. The monoisotopic (exact) mass is 492 g/mol. The van der Waals surface area contributed by atoms with Gasteiger partial charge in [-0.2, -0.15) is 9.49 Å². The molecule has 2 unspecified atom stereocenters. The van der Waals surface area contributed by atoms with Crippen LogP contribution < -0.4 is 0 Å². The first-order chi connectivity index (χ1) is 15.9. The molecule has 2 fully saturated rings. The molecule has 6 nitrogen and oxygen atoms in total. The standard InChI is InChI=1S/C23H20Cl2F2N4O2/c24-18-8-13(4-5-19(18)26)20-11-30-6-7-31(10-14(30)12-33-20)23(32)16-3-1-2-15(21(16)25)17-9-28-29-22(17)27/h1-5,8-9,14,20H,6-7,10-12H2,(H,28,29).